The van der Waals surface area contributed by atoms with E-state index in [0.717, 1.165) is 13.1 Å². The van der Waals surface area contributed by atoms with E-state index in [9.17, 15) is 0 Å². The van der Waals surface area contributed by atoms with Crippen LogP contribution < -0.4 is 0 Å². The molecule has 14 heavy (non-hydrogen) atoms. The maximum atomic E-state index is 5.52. The van der Waals surface area contributed by atoms with Gasteiger partial charge in [-0.2, -0.15) is 0 Å². The topological polar surface area (TPSA) is 21.7 Å². The first-order chi connectivity index (χ1) is 6.38. The Morgan fingerprint density at radius 3 is 2.64 bits per heavy atom. The van der Waals surface area contributed by atoms with Crippen LogP contribution in [0.2, 0.25) is 0 Å². The third kappa shape index (κ3) is 4.07. The summed E-state index contributed by atoms with van der Waals surface area (Å²) in [5.74, 6) is 0. The summed E-state index contributed by atoms with van der Waals surface area (Å²) in [6.45, 7) is 4.28. The summed E-state index contributed by atoms with van der Waals surface area (Å²) in [4.78, 5) is 2.17. The Kier molecular flexibility index (Phi) is 4.10. The van der Waals surface area contributed by atoms with E-state index >= 15 is 0 Å². The van der Waals surface area contributed by atoms with Crippen molar-refractivity contribution < 1.29 is 9.47 Å². The molecule has 0 spiro atoms. The van der Waals surface area contributed by atoms with Gasteiger partial charge in [0, 0.05) is 13.1 Å². The maximum Gasteiger partial charge on any atom is 0.0959 e. The summed E-state index contributed by atoms with van der Waals surface area (Å²) in [6.07, 6.45) is -0.235. The molecule has 0 amide bonds. The van der Waals surface area contributed by atoms with Crippen LogP contribution in [0.15, 0.2) is 0 Å². The number of hydrogen-bond donors (Lipinski definition) is 0. The fourth-order valence-electron chi connectivity index (χ4n) is 1.49. The molecular formula is C8H14B3NO2. The highest BCUT2D eigenvalue weighted by molar-refractivity contribution is 6.58. The SMILES string of the molecule is [B]C([B])([B])OC(C)C1CN(C)CCO1. The van der Waals surface area contributed by atoms with Crippen LogP contribution in [-0.4, -0.2) is 72.7 Å². The molecule has 0 aromatic heterocycles. The van der Waals surface area contributed by atoms with Gasteiger partial charge in [0.1, 0.15) is 0 Å². The molecule has 1 aliphatic rings. The molecule has 0 aliphatic carbocycles. The summed E-state index contributed by atoms with van der Waals surface area (Å²) in [7, 11) is 18.1. The average molecular weight is 189 g/mol. The standard InChI is InChI=1S/C8H14B3NO2/c1-6(14-8(9,10)11)7-5-12(2)3-4-13-7/h6-7H,3-5H2,1-2H3. The lowest BCUT2D eigenvalue weighted by Crippen LogP contribution is -2.49. The summed E-state index contributed by atoms with van der Waals surface area (Å²) in [6, 6.07) is 0. The third-order valence-corrected chi connectivity index (χ3v) is 2.21. The van der Waals surface area contributed by atoms with Crippen molar-refractivity contribution in [1.82, 2.24) is 4.90 Å². The zero-order valence-corrected chi connectivity index (χ0v) is 8.77. The number of likely N-dealkylation sites (N-methyl/N-ethyl adjacent to an activating group) is 1. The third-order valence-electron chi connectivity index (χ3n) is 2.21. The largest absolute Gasteiger partial charge is 0.397 e. The van der Waals surface area contributed by atoms with Crippen molar-refractivity contribution in [1.29, 1.82) is 0 Å². The Morgan fingerprint density at radius 1 is 1.50 bits per heavy atom. The molecule has 3 nitrogen and oxygen atoms in total. The monoisotopic (exact) mass is 189 g/mol. The molecule has 1 fully saturated rings. The second kappa shape index (κ2) is 4.73. The van der Waals surface area contributed by atoms with Crippen molar-refractivity contribution in [2.45, 2.75) is 24.4 Å². The van der Waals surface area contributed by atoms with Crippen LogP contribution in [0.4, 0.5) is 0 Å². The number of ether oxygens (including phenoxy) is 2. The van der Waals surface area contributed by atoms with Gasteiger partial charge in [-0.3, -0.25) is 0 Å². The van der Waals surface area contributed by atoms with Gasteiger partial charge in [0.2, 0.25) is 0 Å². The first kappa shape index (κ1) is 12.1. The Bertz CT molecular complexity index is 186. The van der Waals surface area contributed by atoms with Crippen molar-refractivity contribution in [2.24, 2.45) is 0 Å². The Balaban J connectivity index is 2.39. The minimum atomic E-state index is -1.58. The summed E-state index contributed by atoms with van der Waals surface area (Å²) < 4.78 is 10.7. The summed E-state index contributed by atoms with van der Waals surface area (Å²) in [5.41, 5.74) is 0. The van der Waals surface area contributed by atoms with E-state index in [2.05, 4.69) is 4.90 Å². The Labute approximate surface area is 89.7 Å². The van der Waals surface area contributed by atoms with Gasteiger partial charge in [-0.15, -0.1) is 0 Å². The molecule has 6 radical (unpaired) electrons. The lowest BCUT2D eigenvalue weighted by molar-refractivity contribution is -0.103. The van der Waals surface area contributed by atoms with E-state index in [-0.39, 0.29) is 12.2 Å². The van der Waals surface area contributed by atoms with E-state index in [4.69, 9.17) is 33.0 Å². The second-order valence-corrected chi connectivity index (χ2v) is 3.85. The average Bonchev–Trinajstić information content (AvgIpc) is 2.01. The number of hydrogen-bond acceptors (Lipinski definition) is 3. The van der Waals surface area contributed by atoms with Gasteiger partial charge in [-0.25, -0.2) is 0 Å². The zero-order valence-electron chi connectivity index (χ0n) is 8.77. The molecule has 6 heteroatoms. The molecule has 2 unspecified atom stereocenters. The molecule has 2 atom stereocenters. The van der Waals surface area contributed by atoms with Crippen LogP contribution in [0.25, 0.3) is 0 Å². The highest BCUT2D eigenvalue weighted by Crippen LogP contribution is 2.12. The highest BCUT2D eigenvalue weighted by Gasteiger charge is 2.26. The molecule has 0 aromatic carbocycles. The van der Waals surface area contributed by atoms with Gasteiger partial charge < -0.3 is 14.4 Å². The first-order valence-electron chi connectivity index (χ1n) is 4.73. The summed E-state index contributed by atoms with van der Waals surface area (Å²) >= 11 is 0. The van der Waals surface area contributed by atoms with E-state index in [1.165, 1.54) is 0 Å². The van der Waals surface area contributed by atoms with Gasteiger partial charge in [0.15, 0.2) is 0 Å². The van der Waals surface area contributed by atoms with Gasteiger partial charge in [0.25, 0.3) is 0 Å². The van der Waals surface area contributed by atoms with Crippen molar-refractivity contribution in [3.8, 4) is 0 Å². The van der Waals surface area contributed by atoms with Gasteiger partial charge in [-0.05, 0) is 19.3 Å². The molecular weight excluding hydrogens is 175 g/mol. The van der Waals surface area contributed by atoms with E-state index in [0.29, 0.717) is 6.61 Å². The van der Waals surface area contributed by atoms with Crippen LogP contribution in [0, 0.1) is 0 Å². The van der Waals surface area contributed by atoms with Gasteiger partial charge in [-0.1, -0.05) is 0 Å². The smallest absolute Gasteiger partial charge is 0.0959 e. The molecule has 0 aromatic rings. The van der Waals surface area contributed by atoms with Crippen LogP contribution in [0.5, 0.6) is 0 Å². The van der Waals surface area contributed by atoms with Crippen molar-refractivity contribution >= 4 is 23.5 Å². The predicted molar refractivity (Wildman–Crippen MR) is 57.8 cm³/mol. The van der Waals surface area contributed by atoms with Gasteiger partial charge >= 0.3 is 0 Å². The van der Waals surface area contributed by atoms with Gasteiger partial charge in [0.05, 0.1) is 42.4 Å². The van der Waals surface area contributed by atoms with Crippen molar-refractivity contribution in [3.63, 3.8) is 0 Å². The molecule has 0 bridgehead atoms. The van der Waals surface area contributed by atoms with Crippen molar-refractivity contribution in [3.05, 3.63) is 0 Å². The molecule has 1 heterocycles. The fourth-order valence-corrected chi connectivity index (χ4v) is 1.49. The lowest BCUT2D eigenvalue weighted by atomic mass is 9.52. The van der Waals surface area contributed by atoms with E-state index in [1.807, 2.05) is 14.0 Å². The number of morpholine rings is 1. The van der Waals surface area contributed by atoms with Crippen LogP contribution in [0.1, 0.15) is 6.92 Å². The maximum absolute atomic E-state index is 5.52. The predicted octanol–water partition coefficient (Wildman–Crippen LogP) is -1.16. The molecule has 1 saturated heterocycles. The minimum absolute atomic E-state index is 0.0243. The minimum Gasteiger partial charge on any atom is -0.397 e. The molecule has 1 rings (SSSR count). The van der Waals surface area contributed by atoms with Crippen LogP contribution in [0.3, 0.4) is 0 Å². The highest BCUT2D eigenvalue weighted by atomic mass is 16.5. The second-order valence-electron chi connectivity index (χ2n) is 3.85. The fraction of sp³-hybridized carbons (Fsp3) is 1.00. The summed E-state index contributed by atoms with van der Waals surface area (Å²) in [5, 5.41) is -1.58. The quantitative estimate of drug-likeness (QED) is 0.522. The Morgan fingerprint density at radius 2 is 2.14 bits per heavy atom. The van der Waals surface area contributed by atoms with Crippen molar-refractivity contribution in [2.75, 3.05) is 26.7 Å². The lowest BCUT2D eigenvalue weighted by Gasteiger charge is -2.37. The first-order valence-corrected chi connectivity index (χ1v) is 4.73. The molecule has 0 saturated carbocycles. The van der Waals surface area contributed by atoms with Crippen LogP contribution in [-0.2, 0) is 9.47 Å². The number of rotatable bonds is 3. The zero-order chi connectivity index (χ0) is 10.8. The molecule has 72 valence electrons. The Hall–Kier alpha value is 0.0748. The van der Waals surface area contributed by atoms with E-state index in [1.54, 1.807) is 0 Å². The normalized spacial score (nSPS) is 27.4. The molecule has 1 aliphatic heterocycles. The van der Waals surface area contributed by atoms with E-state index < -0.39 is 5.30 Å². The number of nitrogens with zero attached hydrogens (tertiary/aromatic N) is 1. The molecule has 0 N–H and O–H groups in total. The van der Waals surface area contributed by atoms with Crippen LogP contribution >= 0.6 is 0 Å².